The van der Waals surface area contributed by atoms with Crippen molar-refractivity contribution in [2.75, 3.05) is 6.54 Å². The van der Waals surface area contributed by atoms with Gasteiger partial charge in [-0.15, -0.1) is 0 Å². The third-order valence-corrected chi connectivity index (χ3v) is 3.84. The fourth-order valence-electron chi connectivity index (χ4n) is 2.38. The molecule has 24 heavy (non-hydrogen) atoms. The van der Waals surface area contributed by atoms with Crippen LogP contribution in [0.1, 0.15) is 50.4 Å². The number of piperidine rings is 1. The summed E-state index contributed by atoms with van der Waals surface area (Å²) in [6, 6.07) is 1.55. The molecule has 1 atom stereocenters. The largest absolute Gasteiger partial charge is 0.453 e. The van der Waals surface area contributed by atoms with Crippen LogP contribution < -0.4 is 10.5 Å². The molecule has 8 heteroatoms. The van der Waals surface area contributed by atoms with Gasteiger partial charge in [-0.1, -0.05) is 0 Å². The predicted octanol–water partition coefficient (Wildman–Crippen LogP) is 3.07. The standard InChI is InChI=1S/C16H22BrN3O4/c1-16(2,3)24-15(22)20-7-5-4-6-12(20)23-14-11(13(18)21)8-10(17)9-19-14/h8-9,12H,4-7H2,1-3H3,(H2,18,21). The average molecular weight is 400 g/mol. The number of primary amides is 1. The minimum absolute atomic E-state index is 0.117. The molecule has 1 aliphatic heterocycles. The highest BCUT2D eigenvalue weighted by Crippen LogP contribution is 2.26. The Morgan fingerprint density at radius 3 is 2.71 bits per heavy atom. The third-order valence-electron chi connectivity index (χ3n) is 3.41. The van der Waals surface area contributed by atoms with Crippen molar-refractivity contribution < 1.29 is 19.1 Å². The van der Waals surface area contributed by atoms with E-state index in [0.717, 1.165) is 12.8 Å². The molecule has 1 aromatic heterocycles. The molecule has 0 aliphatic carbocycles. The number of rotatable bonds is 3. The summed E-state index contributed by atoms with van der Waals surface area (Å²) in [7, 11) is 0. The van der Waals surface area contributed by atoms with Gasteiger partial charge in [0.05, 0.1) is 0 Å². The van der Waals surface area contributed by atoms with Gasteiger partial charge in [0.15, 0.2) is 6.23 Å². The lowest BCUT2D eigenvalue weighted by Gasteiger charge is -2.36. The number of amides is 2. The van der Waals surface area contributed by atoms with Crippen molar-refractivity contribution in [2.24, 2.45) is 5.73 Å². The van der Waals surface area contributed by atoms with Gasteiger partial charge in [0.2, 0.25) is 5.88 Å². The quantitative estimate of drug-likeness (QED) is 0.842. The van der Waals surface area contributed by atoms with E-state index in [4.69, 9.17) is 15.2 Å². The van der Waals surface area contributed by atoms with E-state index >= 15 is 0 Å². The first-order valence-corrected chi connectivity index (χ1v) is 8.58. The molecule has 132 valence electrons. The maximum absolute atomic E-state index is 12.4. The Morgan fingerprint density at radius 1 is 1.38 bits per heavy atom. The van der Waals surface area contributed by atoms with E-state index in [2.05, 4.69) is 20.9 Å². The Morgan fingerprint density at radius 2 is 2.08 bits per heavy atom. The number of carbonyl (C=O) groups is 2. The molecule has 0 bridgehead atoms. The van der Waals surface area contributed by atoms with Crippen molar-refractivity contribution in [3.05, 3.63) is 22.3 Å². The van der Waals surface area contributed by atoms with Crippen molar-refractivity contribution in [1.82, 2.24) is 9.88 Å². The van der Waals surface area contributed by atoms with Gasteiger partial charge in [-0.25, -0.2) is 9.78 Å². The number of nitrogens with two attached hydrogens (primary N) is 1. The minimum Gasteiger partial charge on any atom is -0.453 e. The predicted molar refractivity (Wildman–Crippen MR) is 91.7 cm³/mol. The van der Waals surface area contributed by atoms with Crippen LogP contribution in [0.3, 0.4) is 0 Å². The number of carbonyl (C=O) groups excluding carboxylic acids is 2. The molecule has 1 unspecified atom stereocenters. The van der Waals surface area contributed by atoms with Crippen LogP contribution in [-0.4, -0.2) is 40.3 Å². The molecule has 7 nitrogen and oxygen atoms in total. The molecule has 2 amide bonds. The number of hydrogen-bond donors (Lipinski definition) is 1. The van der Waals surface area contributed by atoms with Crippen LogP contribution in [0.2, 0.25) is 0 Å². The van der Waals surface area contributed by atoms with Crippen LogP contribution in [0.5, 0.6) is 5.88 Å². The normalized spacial score (nSPS) is 18.2. The van der Waals surface area contributed by atoms with Crippen molar-refractivity contribution in [2.45, 2.75) is 51.9 Å². The first kappa shape index (κ1) is 18.5. The van der Waals surface area contributed by atoms with Gasteiger partial charge in [-0.2, -0.15) is 0 Å². The molecule has 2 heterocycles. The molecule has 1 fully saturated rings. The Hall–Kier alpha value is -1.83. The minimum atomic E-state index is -0.640. The van der Waals surface area contributed by atoms with Gasteiger partial charge < -0.3 is 15.2 Å². The van der Waals surface area contributed by atoms with E-state index in [-0.39, 0.29) is 11.4 Å². The van der Waals surface area contributed by atoms with Crippen LogP contribution in [0.25, 0.3) is 0 Å². The number of nitrogens with zero attached hydrogens (tertiary/aromatic N) is 2. The van der Waals surface area contributed by atoms with Gasteiger partial charge in [-0.3, -0.25) is 9.69 Å². The van der Waals surface area contributed by atoms with E-state index in [1.54, 1.807) is 6.07 Å². The lowest BCUT2D eigenvalue weighted by atomic mass is 10.1. The van der Waals surface area contributed by atoms with Crippen LogP contribution in [0, 0.1) is 0 Å². The number of likely N-dealkylation sites (tertiary alicyclic amines) is 1. The molecule has 0 aromatic carbocycles. The fourth-order valence-corrected chi connectivity index (χ4v) is 2.71. The van der Waals surface area contributed by atoms with Crippen molar-refractivity contribution in [1.29, 1.82) is 0 Å². The zero-order chi connectivity index (χ0) is 17.9. The molecule has 0 spiro atoms. The van der Waals surface area contributed by atoms with Gasteiger partial charge in [0.1, 0.15) is 11.2 Å². The smallest absolute Gasteiger partial charge is 0.413 e. The molecule has 0 radical (unpaired) electrons. The average Bonchev–Trinajstić information content (AvgIpc) is 2.47. The first-order chi connectivity index (χ1) is 11.2. The zero-order valence-electron chi connectivity index (χ0n) is 14.0. The maximum Gasteiger partial charge on any atom is 0.413 e. The van der Waals surface area contributed by atoms with Crippen LogP contribution in [0.15, 0.2) is 16.7 Å². The molecule has 1 aliphatic rings. The summed E-state index contributed by atoms with van der Waals surface area (Å²) in [6.07, 6.45) is 2.95. The molecule has 1 saturated heterocycles. The topological polar surface area (TPSA) is 94.8 Å². The van der Waals surface area contributed by atoms with Gasteiger partial charge in [-0.05, 0) is 55.6 Å². The van der Waals surface area contributed by atoms with E-state index in [1.807, 2.05) is 20.8 Å². The molecular weight excluding hydrogens is 378 g/mol. The van der Waals surface area contributed by atoms with Crippen LogP contribution in [-0.2, 0) is 4.74 Å². The summed E-state index contributed by atoms with van der Waals surface area (Å²) in [6.45, 7) is 5.96. The summed E-state index contributed by atoms with van der Waals surface area (Å²) >= 11 is 3.25. The number of aromatic nitrogens is 1. The first-order valence-electron chi connectivity index (χ1n) is 7.79. The third kappa shape index (κ3) is 4.83. The fraction of sp³-hybridized carbons (Fsp3) is 0.562. The second kappa shape index (κ2) is 7.38. The highest BCUT2D eigenvalue weighted by Gasteiger charge is 2.32. The van der Waals surface area contributed by atoms with Crippen molar-refractivity contribution in [3.63, 3.8) is 0 Å². The zero-order valence-corrected chi connectivity index (χ0v) is 15.6. The van der Waals surface area contributed by atoms with Crippen LogP contribution >= 0.6 is 15.9 Å². The summed E-state index contributed by atoms with van der Waals surface area (Å²) in [5.74, 6) is -0.524. The Balaban J connectivity index is 2.20. The highest BCUT2D eigenvalue weighted by atomic mass is 79.9. The lowest BCUT2D eigenvalue weighted by molar-refractivity contribution is -0.0357. The number of halogens is 1. The Kier molecular flexibility index (Phi) is 5.69. The van der Waals surface area contributed by atoms with E-state index < -0.39 is 23.8 Å². The summed E-state index contributed by atoms with van der Waals surface area (Å²) in [5, 5.41) is 0. The molecule has 0 saturated carbocycles. The number of hydrogen-bond acceptors (Lipinski definition) is 5. The van der Waals surface area contributed by atoms with E-state index in [0.29, 0.717) is 17.4 Å². The van der Waals surface area contributed by atoms with Gasteiger partial charge >= 0.3 is 6.09 Å². The second-order valence-electron chi connectivity index (χ2n) is 6.61. The summed E-state index contributed by atoms with van der Waals surface area (Å²) in [4.78, 5) is 29.6. The van der Waals surface area contributed by atoms with Crippen molar-refractivity contribution in [3.8, 4) is 5.88 Å². The number of ether oxygens (including phenoxy) is 2. The summed E-state index contributed by atoms with van der Waals surface area (Å²) < 4.78 is 11.9. The van der Waals surface area contributed by atoms with E-state index in [1.165, 1.54) is 11.1 Å². The maximum atomic E-state index is 12.4. The monoisotopic (exact) mass is 399 g/mol. The van der Waals surface area contributed by atoms with Crippen LogP contribution in [0.4, 0.5) is 4.79 Å². The van der Waals surface area contributed by atoms with Crippen molar-refractivity contribution >= 4 is 27.9 Å². The molecular formula is C16H22BrN3O4. The Labute approximate surface area is 149 Å². The molecule has 2 rings (SSSR count). The Bertz CT molecular complexity index is 630. The lowest BCUT2D eigenvalue weighted by Crippen LogP contribution is -2.49. The SMILES string of the molecule is CC(C)(C)OC(=O)N1CCCCC1Oc1ncc(Br)cc1C(N)=O. The summed E-state index contributed by atoms with van der Waals surface area (Å²) in [5.41, 5.74) is 4.96. The number of pyridine rings is 1. The molecule has 2 N–H and O–H groups in total. The van der Waals surface area contributed by atoms with Gasteiger partial charge in [0.25, 0.3) is 5.91 Å². The van der Waals surface area contributed by atoms with E-state index in [9.17, 15) is 9.59 Å². The molecule has 1 aromatic rings. The highest BCUT2D eigenvalue weighted by molar-refractivity contribution is 9.10. The second-order valence-corrected chi connectivity index (χ2v) is 7.53. The van der Waals surface area contributed by atoms with Gasteiger partial charge in [0, 0.05) is 23.6 Å².